The summed E-state index contributed by atoms with van der Waals surface area (Å²) < 4.78 is 16.6. The quantitative estimate of drug-likeness (QED) is 0.795. The van der Waals surface area contributed by atoms with Gasteiger partial charge in [0.05, 0.1) is 14.2 Å². The number of hydrogen-bond acceptors (Lipinski definition) is 6. The first-order valence-corrected chi connectivity index (χ1v) is 6.25. The number of H-pyrrole nitrogens is 1. The van der Waals surface area contributed by atoms with Gasteiger partial charge in [0, 0.05) is 10.1 Å². The molecule has 19 heavy (non-hydrogen) atoms. The second-order valence-corrected chi connectivity index (χ2v) is 4.80. The molecule has 6 nitrogen and oxygen atoms in total. The minimum absolute atomic E-state index is 0.224. The van der Waals surface area contributed by atoms with E-state index in [4.69, 9.17) is 13.9 Å². The van der Waals surface area contributed by atoms with Crippen molar-refractivity contribution in [2.24, 2.45) is 0 Å². The van der Waals surface area contributed by atoms with Crippen molar-refractivity contribution < 1.29 is 13.9 Å². The third kappa shape index (κ3) is 1.88. The van der Waals surface area contributed by atoms with Crippen LogP contribution in [0.15, 0.2) is 27.4 Å². The van der Waals surface area contributed by atoms with E-state index in [0.717, 1.165) is 15.8 Å². The molecule has 0 atom stereocenters. The van der Waals surface area contributed by atoms with E-state index in [1.807, 2.05) is 18.2 Å². The van der Waals surface area contributed by atoms with E-state index in [9.17, 15) is 4.79 Å². The number of thiophene rings is 1. The van der Waals surface area contributed by atoms with E-state index in [1.54, 1.807) is 14.2 Å². The number of hydrogen-bond donors (Lipinski definition) is 1. The lowest BCUT2D eigenvalue weighted by Crippen LogP contribution is -1.93. The first-order chi connectivity index (χ1) is 9.22. The predicted octanol–water partition coefficient (Wildman–Crippen LogP) is 2.26. The largest absolute Gasteiger partial charge is 0.497 e. The van der Waals surface area contributed by atoms with Gasteiger partial charge in [0.1, 0.15) is 16.4 Å². The smallest absolute Gasteiger partial charge is 0.434 e. The topological polar surface area (TPSA) is 77.4 Å². The monoisotopic (exact) mass is 278 g/mol. The summed E-state index contributed by atoms with van der Waals surface area (Å²) >= 11 is 1.44. The number of aromatic amines is 1. The number of fused-ring (bicyclic) bond motifs is 1. The van der Waals surface area contributed by atoms with Gasteiger partial charge in [0.2, 0.25) is 0 Å². The molecule has 2 heterocycles. The average Bonchev–Trinajstić information content (AvgIpc) is 3.00. The summed E-state index contributed by atoms with van der Waals surface area (Å²) in [5, 5.41) is 6.96. The molecule has 0 spiro atoms. The molecule has 1 aromatic carbocycles. The van der Waals surface area contributed by atoms with Crippen LogP contribution in [0.5, 0.6) is 11.5 Å². The van der Waals surface area contributed by atoms with Crippen molar-refractivity contribution in [1.82, 2.24) is 10.2 Å². The Morgan fingerprint density at radius 3 is 2.79 bits per heavy atom. The Balaban J connectivity index is 2.28. The second kappa shape index (κ2) is 4.43. The third-order valence-corrected chi connectivity index (χ3v) is 3.83. The normalized spacial score (nSPS) is 10.8. The van der Waals surface area contributed by atoms with E-state index >= 15 is 0 Å². The van der Waals surface area contributed by atoms with Crippen molar-refractivity contribution in [1.29, 1.82) is 0 Å². The molecule has 0 unspecified atom stereocenters. The van der Waals surface area contributed by atoms with Gasteiger partial charge in [-0.05, 0) is 18.2 Å². The third-order valence-electron chi connectivity index (χ3n) is 2.69. The number of benzene rings is 1. The summed E-state index contributed by atoms with van der Waals surface area (Å²) in [4.78, 5) is 11.7. The summed E-state index contributed by atoms with van der Waals surface area (Å²) in [7, 11) is 3.17. The molecule has 3 rings (SSSR count). The van der Waals surface area contributed by atoms with Crippen LogP contribution >= 0.6 is 11.3 Å². The van der Waals surface area contributed by atoms with E-state index in [2.05, 4.69) is 10.2 Å². The zero-order valence-electron chi connectivity index (χ0n) is 10.2. The highest BCUT2D eigenvalue weighted by molar-refractivity contribution is 7.22. The Morgan fingerprint density at radius 1 is 1.32 bits per heavy atom. The van der Waals surface area contributed by atoms with E-state index < -0.39 is 5.76 Å². The molecule has 0 aliphatic carbocycles. The van der Waals surface area contributed by atoms with Gasteiger partial charge < -0.3 is 13.9 Å². The van der Waals surface area contributed by atoms with Crippen molar-refractivity contribution in [3.05, 3.63) is 28.7 Å². The van der Waals surface area contributed by atoms with Gasteiger partial charge in [-0.3, -0.25) is 0 Å². The fourth-order valence-corrected chi connectivity index (χ4v) is 2.93. The lowest BCUT2D eigenvalue weighted by atomic mass is 10.2. The molecule has 0 aliphatic heterocycles. The molecule has 0 aliphatic rings. The SMILES string of the molecule is COc1ccc2sc(-c3n[nH]c(=O)o3)c(OC)c2c1. The lowest BCUT2D eigenvalue weighted by molar-refractivity contribution is 0.412. The lowest BCUT2D eigenvalue weighted by Gasteiger charge is -2.01. The summed E-state index contributed by atoms with van der Waals surface area (Å²) in [5.41, 5.74) is 0. The number of methoxy groups -OCH3 is 2. The highest BCUT2D eigenvalue weighted by atomic mass is 32.1. The van der Waals surface area contributed by atoms with Crippen molar-refractivity contribution in [3.8, 4) is 22.3 Å². The van der Waals surface area contributed by atoms with E-state index in [-0.39, 0.29) is 5.89 Å². The number of nitrogens with zero attached hydrogens (tertiary/aromatic N) is 1. The molecule has 0 fully saturated rings. The zero-order valence-corrected chi connectivity index (χ0v) is 11.0. The van der Waals surface area contributed by atoms with E-state index in [0.29, 0.717) is 10.6 Å². The van der Waals surface area contributed by atoms with Crippen LogP contribution in [0.3, 0.4) is 0 Å². The van der Waals surface area contributed by atoms with Crippen molar-refractivity contribution in [3.63, 3.8) is 0 Å². The minimum atomic E-state index is -0.591. The first-order valence-electron chi connectivity index (χ1n) is 5.43. The Bertz CT molecular complexity index is 786. The maximum absolute atomic E-state index is 11.0. The number of ether oxygens (including phenoxy) is 2. The van der Waals surface area contributed by atoms with Gasteiger partial charge in [-0.1, -0.05) is 0 Å². The first kappa shape index (κ1) is 11.8. The van der Waals surface area contributed by atoms with Crippen molar-refractivity contribution in [2.45, 2.75) is 0 Å². The summed E-state index contributed by atoms with van der Waals surface area (Å²) in [5.74, 6) is 0.988. The Labute approximate surface area is 111 Å². The van der Waals surface area contributed by atoms with Crippen LogP contribution < -0.4 is 15.2 Å². The summed E-state index contributed by atoms with van der Waals surface area (Å²) in [6, 6.07) is 5.66. The molecule has 3 aromatic rings. The molecule has 98 valence electrons. The molecule has 1 N–H and O–H groups in total. The number of aromatic nitrogens is 2. The van der Waals surface area contributed by atoms with Gasteiger partial charge >= 0.3 is 5.76 Å². The Morgan fingerprint density at radius 2 is 2.16 bits per heavy atom. The van der Waals surface area contributed by atoms with Gasteiger partial charge in [-0.25, -0.2) is 9.89 Å². The molecule has 7 heteroatoms. The summed E-state index contributed by atoms with van der Waals surface area (Å²) in [6.07, 6.45) is 0. The van der Waals surface area contributed by atoms with Gasteiger partial charge in [0.15, 0.2) is 0 Å². The van der Waals surface area contributed by atoms with E-state index in [1.165, 1.54) is 11.3 Å². The molecular formula is C12H10N2O4S. The molecular weight excluding hydrogens is 268 g/mol. The highest BCUT2D eigenvalue weighted by Gasteiger charge is 2.19. The highest BCUT2D eigenvalue weighted by Crippen LogP contribution is 2.44. The molecule has 0 radical (unpaired) electrons. The molecule has 0 saturated carbocycles. The zero-order chi connectivity index (χ0) is 13.4. The molecule has 0 amide bonds. The molecule has 0 bridgehead atoms. The van der Waals surface area contributed by atoms with Crippen LogP contribution in [-0.4, -0.2) is 24.4 Å². The van der Waals surface area contributed by atoms with Crippen molar-refractivity contribution in [2.75, 3.05) is 14.2 Å². The van der Waals surface area contributed by atoms with Crippen LogP contribution in [0, 0.1) is 0 Å². The van der Waals surface area contributed by atoms with Crippen LogP contribution in [-0.2, 0) is 0 Å². The minimum Gasteiger partial charge on any atom is -0.497 e. The van der Waals surface area contributed by atoms with Crippen LogP contribution in [0.4, 0.5) is 0 Å². The maximum Gasteiger partial charge on any atom is 0.434 e. The predicted molar refractivity (Wildman–Crippen MR) is 71.0 cm³/mol. The Hall–Kier alpha value is -2.28. The van der Waals surface area contributed by atoms with Gasteiger partial charge in [0.25, 0.3) is 5.89 Å². The van der Waals surface area contributed by atoms with Crippen LogP contribution in [0.2, 0.25) is 0 Å². The van der Waals surface area contributed by atoms with Gasteiger partial charge in [-0.2, -0.15) is 0 Å². The fraction of sp³-hybridized carbons (Fsp3) is 0.167. The van der Waals surface area contributed by atoms with Crippen LogP contribution in [0.25, 0.3) is 20.9 Å². The second-order valence-electron chi connectivity index (χ2n) is 3.74. The average molecular weight is 278 g/mol. The summed E-state index contributed by atoms with van der Waals surface area (Å²) in [6.45, 7) is 0. The fourth-order valence-electron chi connectivity index (χ4n) is 1.85. The standard InChI is InChI=1S/C12H10N2O4S/c1-16-6-3-4-8-7(5-6)9(17-2)10(19-8)11-13-14-12(15)18-11/h3-5H,1-2H3,(H,14,15). The van der Waals surface area contributed by atoms with Crippen LogP contribution in [0.1, 0.15) is 0 Å². The van der Waals surface area contributed by atoms with Gasteiger partial charge in [-0.15, -0.1) is 16.4 Å². The number of nitrogens with one attached hydrogen (secondary N) is 1. The number of rotatable bonds is 3. The molecule has 2 aromatic heterocycles. The maximum atomic E-state index is 11.0. The Kier molecular flexibility index (Phi) is 2.75. The molecule has 0 saturated heterocycles. The van der Waals surface area contributed by atoms with Crippen molar-refractivity contribution >= 4 is 21.4 Å².